The van der Waals surface area contributed by atoms with Crippen LogP contribution < -0.4 is 10.5 Å². The lowest BCUT2D eigenvalue weighted by Gasteiger charge is -2.23. The van der Waals surface area contributed by atoms with Crippen LogP contribution in [0.4, 0.5) is 0 Å². The molecule has 2 N–H and O–H groups in total. The van der Waals surface area contributed by atoms with Crippen molar-refractivity contribution in [1.82, 2.24) is 0 Å². The second-order valence-electron chi connectivity index (χ2n) is 5.27. The highest BCUT2D eigenvalue weighted by Crippen LogP contribution is 2.32. The zero-order chi connectivity index (χ0) is 12.3. The van der Waals surface area contributed by atoms with E-state index in [0.29, 0.717) is 0 Å². The van der Waals surface area contributed by atoms with Gasteiger partial charge in [-0.2, -0.15) is 0 Å². The highest BCUT2D eigenvalue weighted by atomic mass is 79.9. The molecule has 3 heteroatoms. The number of methoxy groups -OCH3 is 1. The fraction of sp³-hybridized carbons (Fsp3) is 0.538. The fourth-order valence-corrected chi connectivity index (χ4v) is 2.25. The molecule has 0 aliphatic rings. The summed E-state index contributed by atoms with van der Waals surface area (Å²) < 4.78 is 6.15. The van der Waals surface area contributed by atoms with Crippen LogP contribution in [0.3, 0.4) is 0 Å². The molecule has 0 amide bonds. The summed E-state index contributed by atoms with van der Waals surface area (Å²) in [6.07, 6.45) is 0.964. The highest BCUT2D eigenvalue weighted by Gasteiger charge is 2.17. The summed E-state index contributed by atoms with van der Waals surface area (Å²) in [4.78, 5) is 0. The number of halogens is 1. The Morgan fingerprint density at radius 2 is 2.00 bits per heavy atom. The van der Waals surface area contributed by atoms with E-state index in [0.717, 1.165) is 22.2 Å². The minimum Gasteiger partial charge on any atom is -0.496 e. The minimum atomic E-state index is 0.0715. The number of hydrogen-bond acceptors (Lipinski definition) is 2. The van der Waals surface area contributed by atoms with Crippen molar-refractivity contribution in [2.24, 2.45) is 11.1 Å². The van der Waals surface area contributed by atoms with Gasteiger partial charge in [0.1, 0.15) is 5.75 Å². The number of benzene rings is 1. The Balaban J connectivity index is 2.85. The molecule has 0 aliphatic heterocycles. The van der Waals surface area contributed by atoms with E-state index in [-0.39, 0.29) is 11.5 Å². The summed E-state index contributed by atoms with van der Waals surface area (Å²) in [6, 6.07) is 6.08. The van der Waals surface area contributed by atoms with E-state index in [1.165, 1.54) is 0 Å². The van der Waals surface area contributed by atoms with E-state index in [1.54, 1.807) is 7.11 Å². The van der Waals surface area contributed by atoms with Crippen molar-refractivity contribution in [2.45, 2.75) is 33.2 Å². The molecule has 16 heavy (non-hydrogen) atoms. The van der Waals surface area contributed by atoms with Gasteiger partial charge in [0.15, 0.2) is 0 Å². The Kier molecular flexibility index (Phi) is 4.39. The van der Waals surface area contributed by atoms with Crippen LogP contribution in [0.15, 0.2) is 22.7 Å². The average Bonchev–Trinajstić information content (AvgIpc) is 2.15. The number of ether oxygens (including phenoxy) is 1. The lowest BCUT2D eigenvalue weighted by Crippen LogP contribution is -2.18. The number of nitrogens with two attached hydrogens (primary N) is 1. The van der Waals surface area contributed by atoms with E-state index >= 15 is 0 Å². The van der Waals surface area contributed by atoms with Crippen LogP contribution in [-0.4, -0.2) is 7.11 Å². The highest BCUT2D eigenvalue weighted by molar-refractivity contribution is 9.10. The molecule has 1 aromatic carbocycles. The second kappa shape index (κ2) is 5.19. The molecule has 1 unspecified atom stereocenters. The van der Waals surface area contributed by atoms with Crippen LogP contribution in [0.5, 0.6) is 5.75 Å². The smallest absolute Gasteiger partial charge is 0.133 e. The Morgan fingerprint density at radius 3 is 2.44 bits per heavy atom. The molecule has 1 atom stereocenters. The summed E-state index contributed by atoms with van der Waals surface area (Å²) in [5.74, 6) is 0.840. The molecule has 0 spiro atoms. The Labute approximate surface area is 106 Å². The molecular formula is C13H20BrNO. The molecule has 0 saturated carbocycles. The molecule has 1 aromatic rings. The third-order valence-electron chi connectivity index (χ3n) is 2.44. The molecule has 0 heterocycles. The van der Waals surface area contributed by atoms with Gasteiger partial charge in [-0.05, 0) is 45.5 Å². The summed E-state index contributed by atoms with van der Waals surface area (Å²) in [7, 11) is 1.66. The maximum Gasteiger partial charge on any atom is 0.133 e. The first-order valence-electron chi connectivity index (χ1n) is 5.42. The van der Waals surface area contributed by atoms with Crippen molar-refractivity contribution in [1.29, 1.82) is 0 Å². The van der Waals surface area contributed by atoms with Crippen molar-refractivity contribution >= 4 is 15.9 Å². The molecule has 1 rings (SSSR count). The zero-order valence-corrected chi connectivity index (χ0v) is 12.0. The lowest BCUT2D eigenvalue weighted by atomic mass is 9.86. The van der Waals surface area contributed by atoms with Gasteiger partial charge in [0.25, 0.3) is 0 Å². The van der Waals surface area contributed by atoms with Gasteiger partial charge in [-0.3, -0.25) is 0 Å². The minimum absolute atomic E-state index is 0.0715. The summed E-state index contributed by atoms with van der Waals surface area (Å²) in [5, 5.41) is 0. The molecule has 0 bridgehead atoms. The van der Waals surface area contributed by atoms with Gasteiger partial charge in [-0.1, -0.05) is 26.8 Å². The van der Waals surface area contributed by atoms with E-state index < -0.39 is 0 Å². The van der Waals surface area contributed by atoms with Crippen molar-refractivity contribution in [2.75, 3.05) is 7.11 Å². The molecule has 2 nitrogen and oxygen atoms in total. The molecule has 0 aromatic heterocycles. The van der Waals surface area contributed by atoms with Crippen LogP contribution in [0, 0.1) is 5.41 Å². The van der Waals surface area contributed by atoms with Gasteiger partial charge in [0.05, 0.1) is 11.6 Å². The Bertz CT molecular complexity index is 357. The van der Waals surface area contributed by atoms with Crippen molar-refractivity contribution in [3.05, 3.63) is 28.2 Å². The van der Waals surface area contributed by atoms with E-state index in [1.807, 2.05) is 18.2 Å². The first kappa shape index (κ1) is 13.5. The maximum absolute atomic E-state index is 6.18. The van der Waals surface area contributed by atoms with Crippen molar-refractivity contribution in [3.8, 4) is 5.75 Å². The maximum atomic E-state index is 6.18. The topological polar surface area (TPSA) is 35.2 Å². The zero-order valence-electron chi connectivity index (χ0n) is 10.4. The third-order valence-corrected chi connectivity index (χ3v) is 3.06. The van der Waals surface area contributed by atoms with Crippen LogP contribution in [0.1, 0.15) is 38.8 Å². The van der Waals surface area contributed by atoms with Crippen molar-refractivity contribution in [3.63, 3.8) is 0 Å². The standard InChI is InChI=1S/C13H20BrNO/c1-13(2,3)8-11(15)9-5-6-12(16-4)10(14)7-9/h5-7,11H,8,15H2,1-4H3. The molecule has 0 saturated heterocycles. The van der Waals surface area contributed by atoms with Gasteiger partial charge in [-0.25, -0.2) is 0 Å². The predicted molar refractivity (Wildman–Crippen MR) is 71.7 cm³/mol. The van der Waals surface area contributed by atoms with E-state index in [4.69, 9.17) is 10.5 Å². The fourth-order valence-electron chi connectivity index (χ4n) is 1.69. The summed E-state index contributed by atoms with van der Waals surface area (Å²) in [6.45, 7) is 6.60. The van der Waals surface area contributed by atoms with Gasteiger partial charge >= 0.3 is 0 Å². The molecule has 0 fully saturated rings. The largest absolute Gasteiger partial charge is 0.496 e. The van der Waals surface area contributed by atoms with Crippen LogP contribution in [0.2, 0.25) is 0 Å². The van der Waals surface area contributed by atoms with Crippen molar-refractivity contribution < 1.29 is 4.74 Å². The monoisotopic (exact) mass is 285 g/mol. The Morgan fingerprint density at radius 1 is 1.38 bits per heavy atom. The first-order chi connectivity index (χ1) is 7.33. The van der Waals surface area contributed by atoms with Gasteiger partial charge in [-0.15, -0.1) is 0 Å². The molecular weight excluding hydrogens is 266 g/mol. The molecule has 0 aliphatic carbocycles. The van der Waals surface area contributed by atoms with E-state index in [2.05, 4.69) is 36.7 Å². The lowest BCUT2D eigenvalue weighted by molar-refractivity contribution is 0.342. The van der Waals surface area contributed by atoms with E-state index in [9.17, 15) is 0 Å². The summed E-state index contributed by atoms with van der Waals surface area (Å²) in [5.41, 5.74) is 7.56. The van der Waals surface area contributed by atoms with Crippen LogP contribution in [0.25, 0.3) is 0 Å². The number of hydrogen-bond donors (Lipinski definition) is 1. The van der Waals surface area contributed by atoms with Gasteiger partial charge in [0.2, 0.25) is 0 Å². The molecule has 90 valence electrons. The van der Waals surface area contributed by atoms with Crippen LogP contribution >= 0.6 is 15.9 Å². The normalized spacial score (nSPS) is 13.6. The Hall–Kier alpha value is -0.540. The summed E-state index contributed by atoms with van der Waals surface area (Å²) >= 11 is 3.47. The molecule has 0 radical (unpaired) electrons. The quantitative estimate of drug-likeness (QED) is 0.914. The van der Waals surface area contributed by atoms with Crippen LogP contribution in [-0.2, 0) is 0 Å². The average molecular weight is 286 g/mol. The first-order valence-corrected chi connectivity index (χ1v) is 6.22. The predicted octanol–water partition coefficient (Wildman–Crippen LogP) is 3.89. The SMILES string of the molecule is COc1ccc(C(N)CC(C)(C)C)cc1Br. The van der Waals surface area contributed by atoms with Gasteiger partial charge in [0, 0.05) is 6.04 Å². The third kappa shape index (κ3) is 3.80. The second-order valence-corrected chi connectivity index (χ2v) is 6.12. The number of rotatable bonds is 3. The van der Waals surface area contributed by atoms with Gasteiger partial charge < -0.3 is 10.5 Å².